The van der Waals surface area contributed by atoms with E-state index in [0.29, 0.717) is 16.7 Å². The molecule has 2 N–H and O–H groups in total. The minimum absolute atomic E-state index is 0.0472. The molecule has 3 aromatic carbocycles. The molecule has 0 saturated heterocycles. The largest absolute Gasteiger partial charge is 0.481 e. The number of carbonyl (C=O) groups is 1. The number of halogens is 1. The number of hydrogen-bond acceptors (Lipinski definition) is 6. The molecular formula is C26H24FN3O5. The molecule has 0 aliphatic carbocycles. The van der Waals surface area contributed by atoms with Crippen LogP contribution in [-0.4, -0.2) is 31.2 Å². The molecule has 0 saturated carbocycles. The van der Waals surface area contributed by atoms with Crippen molar-refractivity contribution < 1.29 is 24.1 Å². The standard InChI is InChI=1S/C26H24FN3O5/c1-15-7-9-18(13-16(15)2)35-23-10-8-17(14-21(23)27)24(31)20(26(33)34)11-12-30-25(32)19-5-3-4-6-22(19)28-29-30/h3-10,13-14,20,24,31H,11-12H2,1-2H3,(H,33,34)/t20-,24+/m0/s1. The van der Waals surface area contributed by atoms with Crippen LogP contribution in [0.25, 0.3) is 10.9 Å². The summed E-state index contributed by atoms with van der Waals surface area (Å²) in [7, 11) is 0. The summed E-state index contributed by atoms with van der Waals surface area (Å²) >= 11 is 0. The van der Waals surface area contributed by atoms with Crippen molar-refractivity contribution in [3.63, 3.8) is 0 Å². The van der Waals surface area contributed by atoms with Crippen molar-refractivity contribution in [2.45, 2.75) is 32.9 Å². The van der Waals surface area contributed by atoms with Crippen LogP contribution >= 0.6 is 0 Å². The van der Waals surface area contributed by atoms with Crippen LogP contribution in [-0.2, 0) is 11.3 Å². The fraction of sp³-hybridized carbons (Fsp3) is 0.231. The van der Waals surface area contributed by atoms with E-state index in [0.717, 1.165) is 21.9 Å². The lowest BCUT2D eigenvalue weighted by Crippen LogP contribution is -2.29. The summed E-state index contributed by atoms with van der Waals surface area (Å²) in [6, 6.07) is 15.9. The summed E-state index contributed by atoms with van der Waals surface area (Å²) in [6.45, 7) is 3.79. The van der Waals surface area contributed by atoms with Gasteiger partial charge in [0, 0.05) is 6.54 Å². The highest BCUT2D eigenvalue weighted by Crippen LogP contribution is 2.31. The lowest BCUT2D eigenvalue weighted by Gasteiger charge is -2.20. The van der Waals surface area contributed by atoms with Crippen LogP contribution in [0, 0.1) is 25.6 Å². The summed E-state index contributed by atoms with van der Waals surface area (Å²) in [5, 5.41) is 28.6. The number of rotatable bonds is 8. The number of aliphatic hydroxyl groups is 1. The molecule has 0 unspecified atom stereocenters. The van der Waals surface area contributed by atoms with Gasteiger partial charge in [0.15, 0.2) is 11.6 Å². The summed E-state index contributed by atoms with van der Waals surface area (Å²) in [4.78, 5) is 24.5. The van der Waals surface area contributed by atoms with Crippen LogP contribution in [0.1, 0.15) is 29.2 Å². The first kappa shape index (κ1) is 24.0. The van der Waals surface area contributed by atoms with Gasteiger partial charge in [-0.1, -0.05) is 29.5 Å². The fourth-order valence-corrected chi connectivity index (χ4v) is 3.77. The Hall–Kier alpha value is -4.11. The maximum absolute atomic E-state index is 14.7. The van der Waals surface area contributed by atoms with Crippen LogP contribution in [0.3, 0.4) is 0 Å². The average molecular weight is 477 g/mol. The van der Waals surface area contributed by atoms with E-state index in [-0.39, 0.29) is 24.3 Å². The molecule has 35 heavy (non-hydrogen) atoms. The van der Waals surface area contributed by atoms with Gasteiger partial charge in [-0.2, -0.15) is 0 Å². The molecule has 0 aliphatic heterocycles. The average Bonchev–Trinajstić information content (AvgIpc) is 2.84. The summed E-state index contributed by atoms with van der Waals surface area (Å²) in [5.74, 6) is -2.91. The van der Waals surface area contributed by atoms with Gasteiger partial charge in [0.05, 0.1) is 17.4 Å². The molecule has 2 atom stereocenters. The van der Waals surface area contributed by atoms with Gasteiger partial charge in [0.2, 0.25) is 0 Å². The second-order valence-corrected chi connectivity index (χ2v) is 8.35. The number of carboxylic acids is 1. The number of aryl methyl sites for hydroxylation is 3. The zero-order valence-corrected chi connectivity index (χ0v) is 19.2. The molecule has 0 aliphatic rings. The molecule has 4 aromatic rings. The lowest BCUT2D eigenvalue weighted by atomic mass is 9.92. The molecule has 4 rings (SSSR count). The summed E-state index contributed by atoms with van der Waals surface area (Å²) in [5.41, 5.74) is 2.18. The zero-order chi connectivity index (χ0) is 25.1. The number of aliphatic carboxylic acids is 1. The number of aromatic nitrogens is 3. The second kappa shape index (κ2) is 10.0. The second-order valence-electron chi connectivity index (χ2n) is 8.35. The molecule has 9 heteroatoms. The molecule has 0 fully saturated rings. The Morgan fingerprint density at radius 3 is 2.57 bits per heavy atom. The van der Waals surface area contributed by atoms with Gasteiger partial charge in [0.1, 0.15) is 11.3 Å². The maximum Gasteiger partial charge on any atom is 0.309 e. The molecule has 0 spiro atoms. The van der Waals surface area contributed by atoms with E-state index >= 15 is 0 Å². The van der Waals surface area contributed by atoms with Crippen molar-refractivity contribution in [3.8, 4) is 11.5 Å². The smallest absolute Gasteiger partial charge is 0.309 e. The number of carboxylic acid groups (broad SMARTS) is 1. The van der Waals surface area contributed by atoms with Crippen molar-refractivity contribution in [2.75, 3.05) is 0 Å². The number of fused-ring (bicyclic) bond motifs is 1. The Morgan fingerprint density at radius 2 is 1.86 bits per heavy atom. The first-order valence-corrected chi connectivity index (χ1v) is 11.0. The Bertz CT molecular complexity index is 1450. The van der Waals surface area contributed by atoms with Crippen molar-refractivity contribution in [2.24, 2.45) is 5.92 Å². The van der Waals surface area contributed by atoms with E-state index < -0.39 is 29.4 Å². The third-order valence-corrected chi connectivity index (χ3v) is 5.98. The van der Waals surface area contributed by atoms with E-state index in [4.69, 9.17) is 4.74 Å². The topological polar surface area (TPSA) is 115 Å². The highest BCUT2D eigenvalue weighted by Gasteiger charge is 2.29. The highest BCUT2D eigenvalue weighted by molar-refractivity contribution is 5.76. The van der Waals surface area contributed by atoms with E-state index in [1.54, 1.807) is 36.4 Å². The van der Waals surface area contributed by atoms with Gasteiger partial charge < -0.3 is 14.9 Å². The summed E-state index contributed by atoms with van der Waals surface area (Å²) < 4.78 is 21.4. The third-order valence-electron chi connectivity index (χ3n) is 5.98. The maximum atomic E-state index is 14.7. The lowest BCUT2D eigenvalue weighted by molar-refractivity contribution is -0.146. The van der Waals surface area contributed by atoms with Gasteiger partial charge in [0.25, 0.3) is 5.56 Å². The van der Waals surface area contributed by atoms with E-state index in [9.17, 15) is 24.2 Å². The van der Waals surface area contributed by atoms with Crippen LogP contribution in [0.5, 0.6) is 11.5 Å². The highest BCUT2D eigenvalue weighted by atomic mass is 19.1. The molecule has 180 valence electrons. The normalized spacial score (nSPS) is 12.9. The number of benzene rings is 3. The number of ether oxygens (including phenoxy) is 1. The zero-order valence-electron chi connectivity index (χ0n) is 19.2. The van der Waals surface area contributed by atoms with Gasteiger partial charge in [-0.3, -0.25) is 9.59 Å². The van der Waals surface area contributed by atoms with Crippen LogP contribution in [0.4, 0.5) is 4.39 Å². The molecule has 1 aromatic heterocycles. The van der Waals surface area contributed by atoms with E-state index in [1.165, 1.54) is 12.1 Å². The van der Waals surface area contributed by atoms with Gasteiger partial charge >= 0.3 is 5.97 Å². The number of hydrogen-bond donors (Lipinski definition) is 2. The van der Waals surface area contributed by atoms with Gasteiger partial charge in [-0.25, -0.2) is 9.07 Å². The Morgan fingerprint density at radius 1 is 1.09 bits per heavy atom. The first-order valence-electron chi connectivity index (χ1n) is 11.0. The minimum Gasteiger partial charge on any atom is -0.481 e. The van der Waals surface area contributed by atoms with Crippen LogP contribution < -0.4 is 10.3 Å². The van der Waals surface area contributed by atoms with Crippen molar-refractivity contribution >= 4 is 16.9 Å². The predicted octanol–water partition coefficient (Wildman–Crippen LogP) is 4.16. The minimum atomic E-state index is -1.51. The van der Waals surface area contributed by atoms with Gasteiger partial charge in [-0.05, 0) is 73.4 Å². The van der Waals surface area contributed by atoms with Crippen molar-refractivity contribution in [1.29, 1.82) is 0 Å². The molecule has 1 heterocycles. The summed E-state index contributed by atoms with van der Waals surface area (Å²) in [6.07, 6.45) is -1.63. The molecular weight excluding hydrogens is 453 g/mol. The van der Waals surface area contributed by atoms with Crippen LogP contribution in [0.2, 0.25) is 0 Å². The Kier molecular flexibility index (Phi) is 6.88. The molecule has 0 amide bonds. The number of aliphatic hydroxyl groups excluding tert-OH is 1. The van der Waals surface area contributed by atoms with E-state index in [1.807, 2.05) is 19.9 Å². The quantitative estimate of drug-likeness (QED) is 0.392. The molecule has 0 bridgehead atoms. The van der Waals surface area contributed by atoms with Crippen molar-refractivity contribution in [1.82, 2.24) is 15.0 Å². The predicted molar refractivity (Wildman–Crippen MR) is 127 cm³/mol. The Labute approximate surface area is 200 Å². The van der Waals surface area contributed by atoms with Crippen molar-refractivity contribution in [3.05, 3.63) is 93.5 Å². The monoisotopic (exact) mass is 477 g/mol. The SMILES string of the molecule is Cc1ccc(Oc2ccc([C@@H](O)[C@H](CCn3nnc4ccccc4c3=O)C(=O)O)cc2F)cc1C. The fourth-order valence-electron chi connectivity index (χ4n) is 3.77. The number of nitrogens with zero attached hydrogens (tertiary/aromatic N) is 3. The van der Waals surface area contributed by atoms with Gasteiger partial charge in [-0.15, -0.1) is 5.10 Å². The van der Waals surface area contributed by atoms with Crippen LogP contribution in [0.15, 0.2) is 65.5 Å². The Balaban J connectivity index is 1.51. The molecule has 8 nitrogen and oxygen atoms in total. The first-order chi connectivity index (χ1) is 16.7. The van der Waals surface area contributed by atoms with E-state index in [2.05, 4.69) is 10.3 Å². The third kappa shape index (κ3) is 5.20. The molecule has 0 radical (unpaired) electrons.